The van der Waals surface area contributed by atoms with Crippen molar-refractivity contribution < 1.29 is 0 Å². The fourth-order valence-corrected chi connectivity index (χ4v) is 10.6. The number of aromatic nitrogens is 1. The molecule has 2 heteroatoms. The van der Waals surface area contributed by atoms with Gasteiger partial charge in [0.25, 0.3) is 0 Å². The van der Waals surface area contributed by atoms with Crippen LogP contribution in [-0.2, 0) is 0 Å². The van der Waals surface area contributed by atoms with Gasteiger partial charge in [0.1, 0.15) is 0 Å². The summed E-state index contributed by atoms with van der Waals surface area (Å²) in [5.41, 5.74) is 18.7. The van der Waals surface area contributed by atoms with Crippen molar-refractivity contribution in [3.63, 3.8) is 0 Å². The molecule has 1 heterocycles. The van der Waals surface area contributed by atoms with E-state index in [2.05, 4.69) is 289 Å². The van der Waals surface area contributed by atoms with E-state index in [9.17, 15) is 0 Å². The molecule has 0 saturated carbocycles. The minimum absolute atomic E-state index is 1.08. The standard InChI is InChI=1S/C68H46N2/c1-3-15-47(16-4-1)54-39-44-65-67(46-54)70(56-22-5-2-6-23-56)66-30-14-29-64(68(65)66)55-21-11-24-59(45-55)69(58-42-37-53(38-43-58)63-28-13-20-51-18-8-10-26-61(51)63)57-40-35-49(36-41-57)48-31-33-52(34-32-48)62-27-12-19-50-17-7-9-25-60(50)62/h1-46H. The normalized spacial score (nSPS) is 11.4. The van der Waals surface area contributed by atoms with Crippen molar-refractivity contribution >= 4 is 60.4 Å². The molecule has 0 fully saturated rings. The SMILES string of the molecule is c1ccc(-c2ccc3c4c(-c5cccc(N(c6ccc(-c7ccc(-c8cccc9ccccc89)cc7)cc6)c6ccc(-c7cccc8ccccc78)cc6)c5)cccc4n(-c4ccccc4)c3c2)cc1. The van der Waals surface area contributed by atoms with Crippen LogP contribution in [0.3, 0.4) is 0 Å². The molecule has 0 bridgehead atoms. The van der Waals surface area contributed by atoms with E-state index in [0.29, 0.717) is 0 Å². The summed E-state index contributed by atoms with van der Waals surface area (Å²) >= 11 is 0. The zero-order valence-electron chi connectivity index (χ0n) is 38.5. The van der Waals surface area contributed by atoms with Crippen LogP contribution in [-0.4, -0.2) is 4.57 Å². The summed E-state index contributed by atoms with van der Waals surface area (Å²) in [5, 5.41) is 7.47. The highest BCUT2D eigenvalue weighted by Gasteiger charge is 2.20. The van der Waals surface area contributed by atoms with Gasteiger partial charge < -0.3 is 9.47 Å². The molecular weight excluding hydrogens is 845 g/mol. The van der Waals surface area contributed by atoms with Crippen LogP contribution in [0, 0.1) is 0 Å². The number of benzene rings is 12. The molecule has 0 atom stereocenters. The lowest BCUT2D eigenvalue weighted by Gasteiger charge is -2.26. The van der Waals surface area contributed by atoms with Crippen LogP contribution >= 0.6 is 0 Å². The Morgan fingerprint density at radius 2 is 0.700 bits per heavy atom. The average molecular weight is 891 g/mol. The number of hydrogen-bond acceptors (Lipinski definition) is 1. The van der Waals surface area contributed by atoms with E-state index in [1.165, 1.54) is 93.4 Å². The van der Waals surface area contributed by atoms with E-state index in [1.54, 1.807) is 0 Å². The predicted molar refractivity (Wildman–Crippen MR) is 298 cm³/mol. The van der Waals surface area contributed by atoms with Crippen molar-refractivity contribution in [2.75, 3.05) is 4.90 Å². The largest absolute Gasteiger partial charge is 0.310 e. The lowest BCUT2D eigenvalue weighted by atomic mass is 9.96. The molecule has 0 aliphatic rings. The molecule has 0 radical (unpaired) electrons. The maximum atomic E-state index is 2.42. The van der Waals surface area contributed by atoms with Crippen LogP contribution in [0.1, 0.15) is 0 Å². The van der Waals surface area contributed by atoms with Crippen LogP contribution in [0.25, 0.3) is 105 Å². The van der Waals surface area contributed by atoms with Crippen LogP contribution in [0.4, 0.5) is 17.1 Å². The Labute approximate surface area is 408 Å². The zero-order chi connectivity index (χ0) is 46.4. The van der Waals surface area contributed by atoms with Crippen molar-refractivity contribution in [3.8, 4) is 61.3 Å². The van der Waals surface area contributed by atoms with E-state index in [-0.39, 0.29) is 0 Å². The van der Waals surface area contributed by atoms with Crippen LogP contribution in [0.15, 0.2) is 279 Å². The van der Waals surface area contributed by atoms with Crippen LogP contribution in [0.5, 0.6) is 0 Å². The molecule has 70 heavy (non-hydrogen) atoms. The van der Waals surface area contributed by atoms with Gasteiger partial charge in [-0.15, -0.1) is 0 Å². The smallest absolute Gasteiger partial charge is 0.0547 e. The summed E-state index contributed by atoms with van der Waals surface area (Å²) in [6.07, 6.45) is 0. The third-order valence-electron chi connectivity index (χ3n) is 14.0. The Morgan fingerprint density at radius 1 is 0.243 bits per heavy atom. The molecule has 0 aliphatic carbocycles. The van der Waals surface area contributed by atoms with E-state index in [0.717, 1.165) is 28.3 Å². The highest BCUT2D eigenvalue weighted by atomic mass is 15.1. The third-order valence-corrected chi connectivity index (χ3v) is 14.0. The van der Waals surface area contributed by atoms with Crippen LogP contribution < -0.4 is 4.90 Å². The Balaban J connectivity index is 0.922. The van der Waals surface area contributed by atoms with E-state index in [4.69, 9.17) is 0 Å². The van der Waals surface area contributed by atoms with Gasteiger partial charge in [-0.2, -0.15) is 0 Å². The molecule has 1 aromatic heterocycles. The first-order chi connectivity index (χ1) is 34.7. The predicted octanol–water partition coefficient (Wildman–Crippen LogP) is 18.9. The molecule has 0 amide bonds. The summed E-state index contributed by atoms with van der Waals surface area (Å²) in [5.74, 6) is 0. The van der Waals surface area contributed by atoms with Gasteiger partial charge in [0.15, 0.2) is 0 Å². The molecule has 2 nitrogen and oxygen atoms in total. The van der Waals surface area contributed by atoms with E-state index >= 15 is 0 Å². The van der Waals surface area contributed by atoms with Crippen molar-refractivity contribution in [1.82, 2.24) is 4.57 Å². The summed E-state index contributed by atoms with van der Waals surface area (Å²) in [6.45, 7) is 0. The Bertz CT molecular complexity index is 4010. The molecule has 13 rings (SSSR count). The number of nitrogens with zero attached hydrogens (tertiary/aromatic N) is 2. The Morgan fingerprint density at radius 3 is 1.34 bits per heavy atom. The molecule has 0 saturated heterocycles. The molecule has 12 aromatic carbocycles. The first-order valence-corrected chi connectivity index (χ1v) is 24.1. The minimum atomic E-state index is 1.08. The third kappa shape index (κ3) is 7.31. The Kier molecular flexibility index (Phi) is 10.2. The van der Waals surface area contributed by atoms with Crippen molar-refractivity contribution in [2.24, 2.45) is 0 Å². The highest BCUT2D eigenvalue weighted by molar-refractivity contribution is 6.16. The molecule has 0 N–H and O–H groups in total. The monoisotopic (exact) mass is 890 g/mol. The lowest BCUT2D eigenvalue weighted by molar-refractivity contribution is 1.18. The highest BCUT2D eigenvalue weighted by Crippen LogP contribution is 2.43. The average Bonchev–Trinajstić information content (AvgIpc) is 3.78. The van der Waals surface area contributed by atoms with E-state index in [1.807, 2.05) is 0 Å². The summed E-state index contributed by atoms with van der Waals surface area (Å²) < 4.78 is 2.42. The number of hydrogen-bond donors (Lipinski definition) is 0. The van der Waals surface area contributed by atoms with Crippen molar-refractivity contribution in [1.29, 1.82) is 0 Å². The number of anilines is 3. The van der Waals surface area contributed by atoms with Gasteiger partial charge in [-0.05, 0) is 138 Å². The topological polar surface area (TPSA) is 8.17 Å². The van der Waals surface area contributed by atoms with Crippen molar-refractivity contribution in [2.45, 2.75) is 0 Å². The van der Waals surface area contributed by atoms with Crippen molar-refractivity contribution in [3.05, 3.63) is 279 Å². The second-order valence-electron chi connectivity index (χ2n) is 18.1. The van der Waals surface area contributed by atoms with Crippen LogP contribution in [0.2, 0.25) is 0 Å². The maximum absolute atomic E-state index is 2.42. The summed E-state index contributed by atoms with van der Waals surface area (Å²) in [7, 11) is 0. The lowest BCUT2D eigenvalue weighted by Crippen LogP contribution is -2.10. The second-order valence-corrected chi connectivity index (χ2v) is 18.1. The van der Waals surface area contributed by atoms with Gasteiger partial charge in [0.05, 0.1) is 11.0 Å². The summed E-state index contributed by atoms with van der Waals surface area (Å²) in [6, 6.07) is 102. The number of fused-ring (bicyclic) bond motifs is 5. The van der Waals surface area contributed by atoms with Gasteiger partial charge in [-0.3, -0.25) is 0 Å². The fraction of sp³-hybridized carbons (Fsp3) is 0. The van der Waals surface area contributed by atoms with Gasteiger partial charge in [-0.1, -0.05) is 218 Å². The minimum Gasteiger partial charge on any atom is -0.310 e. The second kappa shape index (κ2) is 17.4. The van der Waals surface area contributed by atoms with E-state index < -0.39 is 0 Å². The molecule has 328 valence electrons. The maximum Gasteiger partial charge on any atom is 0.0547 e. The zero-order valence-corrected chi connectivity index (χ0v) is 38.5. The molecular formula is C68H46N2. The van der Waals surface area contributed by atoms with Gasteiger partial charge in [-0.25, -0.2) is 0 Å². The quantitative estimate of drug-likeness (QED) is 0.140. The van der Waals surface area contributed by atoms with Gasteiger partial charge in [0, 0.05) is 33.5 Å². The number of para-hydroxylation sites is 1. The molecule has 0 unspecified atom stereocenters. The molecule has 0 spiro atoms. The van der Waals surface area contributed by atoms with Gasteiger partial charge >= 0.3 is 0 Å². The summed E-state index contributed by atoms with van der Waals surface area (Å²) in [4.78, 5) is 2.39. The molecule has 13 aromatic rings. The Hall–Kier alpha value is -9.24. The fourth-order valence-electron chi connectivity index (χ4n) is 10.6. The number of rotatable bonds is 9. The van der Waals surface area contributed by atoms with Gasteiger partial charge in [0.2, 0.25) is 0 Å². The molecule has 0 aliphatic heterocycles. The first kappa shape index (κ1) is 41.0. The first-order valence-electron chi connectivity index (χ1n) is 24.1.